The van der Waals surface area contributed by atoms with Gasteiger partial charge in [0, 0.05) is 32.1 Å². The molecule has 244 valence electrons. The van der Waals surface area contributed by atoms with Crippen molar-refractivity contribution in [1.82, 2.24) is 19.9 Å². The maximum absolute atomic E-state index is 12.8. The molecule has 1 saturated carbocycles. The van der Waals surface area contributed by atoms with E-state index in [2.05, 4.69) is 88.5 Å². The lowest BCUT2D eigenvalue weighted by molar-refractivity contribution is -0.174. The summed E-state index contributed by atoms with van der Waals surface area (Å²) in [4.78, 5) is 32.2. The van der Waals surface area contributed by atoms with Gasteiger partial charge < -0.3 is 19.6 Å². The fourth-order valence-electron chi connectivity index (χ4n) is 5.32. The zero-order valence-electron chi connectivity index (χ0n) is 27.7. The zero-order chi connectivity index (χ0) is 32.4. The van der Waals surface area contributed by atoms with E-state index in [4.69, 9.17) is 10.6 Å². The molecule has 1 unspecified atom stereocenters. The van der Waals surface area contributed by atoms with Crippen molar-refractivity contribution in [3.05, 3.63) is 35.9 Å². The van der Waals surface area contributed by atoms with Gasteiger partial charge in [0.05, 0.1) is 6.54 Å². The van der Waals surface area contributed by atoms with E-state index in [9.17, 15) is 9.90 Å². The molecule has 1 aromatic heterocycles. The summed E-state index contributed by atoms with van der Waals surface area (Å²) < 4.78 is 5.38. The third-order valence-corrected chi connectivity index (χ3v) is 8.15. The van der Waals surface area contributed by atoms with Crippen molar-refractivity contribution in [1.29, 1.82) is 0 Å². The van der Waals surface area contributed by atoms with E-state index in [1.165, 1.54) is 0 Å². The average molecular weight is 611 g/mol. The van der Waals surface area contributed by atoms with Crippen LogP contribution in [-0.2, 0) is 15.1 Å². The van der Waals surface area contributed by atoms with E-state index in [1.54, 1.807) is 0 Å². The van der Waals surface area contributed by atoms with Crippen molar-refractivity contribution >= 4 is 23.8 Å². The molecule has 1 heterocycles. The van der Waals surface area contributed by atoms with Crippen molar-refractivity contribution < 1.29 is 14.6 Å². The molecule has 0 amide bonds. The Hall–Kier alpha value is -3.46. The second-order valence-electron chi connectivity index (χ2n) is 10.6. The number of aliphatic hydroxyl groups is 1. The number of carbonyl (C=O) groups excluding carboxylic acids is 1. The summed E-state index contributed by atoms with van der Waals surface area (Å²) in [5.74, 6) is 12.4. The number of benzene rings is 1. The first-order valence-electron chi connectivity index (χ1n) is 16.2. The van der Waals surface area contributed by atoms with Crippen LogP contribution in [0.15, 0.2) is 30.3 Å². The molecule has 1 aliphatic carbocycles. The maximum Gasteiger partial charge on any atom is 0.344 e. The number of nitrogens with two attached hydrogens (primary N) is 1. The first kappa shape index (κ1) is 36.7. The molecule has 1 aromatic carbocycles. The normalized spacial score (nSPS) is 14.4. The number of anilines is 3. The second kappa shape index (κ2) is 19.7. The monoisotopic (exact) mass is 610 g/mol. The van der Waals surface area contributed by atoms with Crippen LogP contribution in [0.2, 0.25) is 0 Å². The lowest BCUT2D eigenvalue weighted by Crippen LogP contribution is -2.45. The Morgan fingerprint density at radius 3 is 1.91 bits per heavy atom. The lowest BCUT2D eigenvalue weighted by Gasteiger charge is -2.36. The number of rotatable bonds is 14. The van der Waals surface area contributed by atoms with Crippen LogP contribution < -0.4 is 21.1 Å². The van der Waals surface area contributed by atoms with Crippen molar-refractivity contribution in [2.75, 3.05) is 67.6 Å². The van der Waals surface area contributed by atoms with Gasteiger partial charge in [-0.25, -0.2) is 10.6 Å². The third-order valence-electron chi connectivity index (χ3n) is 8.15. The molecule has 0 saturated heterocycles. The smallest absolute Gasteiger partial charge is 0.344 e. The minimum atomic E-state index is -1.58. The molecule has 0 spiro atoms. The van der Waals surface area contributed by atoms with Crippen LogP contribution in [0.4, 0.5) is 17.8 Å². The molecule has 1 fully saturated rings. The van der Waals surface area contributed by atoms with Gasteiger partial charge in [0.25, 0.3) is 0 Å². The van der Waals surface area contributed by atoms with Crippen LogP contribution in [0.1, 0.15) is 79.2 Å². The van der Waals surface area contributed by atoms with Crippen LogP contribution in [0.5, 0.6) is 0 Å². The number of hydrogen-bond acceptors (Lipinski definition) is 11. The van der Waals surface area contributed by atoms with E-state index in [0.29, 0.717) is 30.0 Å². The SMILES string of the molecule is CCN(CC)CC#CCOC(=O)C(O)(c1ccccc1)C1CCCCC1.CCN(CC)c1nc(NN)nc(N(CC)CC)n1. The predicted molar refractivity (Wildman–Crippen MR) is 178 cm³/mol. The van der Waals surface area contributed by atoms with Gasteiger partial charge in [-0.2, -0.15) is 15.0 Å². The highest BCUT2D eigenvalue weighted by Gasteiger charge is 2.47. The number of esters is 1. The summed E-state index contributed by atoms with van der Waals surface area (Å²) in [6.45, 7) is 18.4. The maximum atomic E-state index is 12.8. The van der Waals surface area contributed by atoms with Gasteiger partial charge in [-0.1, -0.05) is 75.3 Å². The van der Waals surface area contributed by atoms with Gasteiger partial charge in [0.2, 0.25) is 17.8 Å². The Kier molecular flexibility index (Phi) is 16.5. The Bertz CT molecular complexity index is 1120. The van der Waals surface area contributed by atoms with E-state index < -0.39 is 11.6 Å². The summed E-state index contributed by atoms with van der Waals surface area (Å²) >= 11 is 0. The summed E-state index contributed by atoms with van der Waals surface area (Å²) in [7, 11) is 0. The first-order valence-corrected chi connectivity index (χ1v) is 16.2. The summed E-state index contributed by atoms with van der Waals surface area (Å²) in [5, 5.41) is 11.4. The Labute approximate surface area is 264 Å². The van der Waals surface area contributed by atoms with Crippen LogP contribution in [0.3, 0.4) is 0 Å². The molecule has 11 nitrogen and oxygen atoms in total. The topological polar surface area (TPSA) is 133 Å². The van der Waals surface area contributed by atoms with Gasteiger partial charge in [0.15, 0.2) is 12.2 Å². The Morgan fingerprint density at radius 2 is 1.43 bits per heavy atom. The van der Waals surface area contributed by atoms with Crippen LogP contribution in [-0.4, -0.2) is 83.3 Å². The molecule has 0 aliphatic heterocycles. The quantitative estimate of drug-likeness (QED) is 0.123. The second-order valence-corrected chi connectivity index (χ2v) is 10.6. The number of hydrazine groups is 1. The highest BCUT2D eigenvalue weighted by atomic mass is 16.5. The van der Waals surface area contributed by atoms with Gasteiger partial charge in [0.1, 0.15) is 0 Å². The minimum absolute atomic E-state index is 0.0158. The average Bonchev–Trinajstić information content (AvgIpc) is 3.08. The number of nitrogens with one attached hydrogen (secondary N) is 1. The van der Waals surface area contributed by atoms with E-state index in [0.717, 1.165) is 71.4 Å². The molecule has 11 heteroatoms. The third kappa shape index (κ3) is 10.3. The molecule has 3 rings (SSSR count). The largest absolute Gasteiger partial charge is 0.450 e. The number of nitrogens with zero attached hydrogens (tertiary/aromatic N) is 6. The first-order chi connectivity index (χ1) is 21.3. The van der Waals surface area contributed by atoms with E-state index in [1.807, 2.05) is 30.3 Å². The van der Waals surface area contributed by atoms with Crippen molar-refractivity contribution in [3.8, 4) is 11.8 Å². The number of aromatic nitrogens is 3. The summed E-state index contributed by atoms with van der Waals surface area (Å²) in [6, 6.07) is 9.19. The Balaban J connectivity index is 0.000000329. The van der Waals surface area contributed by atoms with Gasteiger partial charge in [-0.15, -0.1) is 0 Å². The molecule has 1 atom stereocenters. The molecular formula is C33H54N8O3. The van der Waals surface area contributed by atoms with Crippen molar-refractivity contribution in [3.63, 3.8) is 0 Å². The Morgan fingerprint density at radius 1 is 0.886 bits per heavy atom. The number of carbonyl (C=O) groups is 1. The van der Waals surface area contributed by atoms with Gasteiger partial charge in [-0.05, 0) is 59.2 Å². The lowest BCUT2D eigenvalue weighted by atomic mass is 9.73. The van der Waals surface area contributed by atoms with Gasteiger partial charge in [-0.3, -0.25) is 10.3 Å². The number of ether oxygens (including phenoxy) is 1. The highest BCUT2D eigenvalue weighted by Crippen LogP contribution is 2.40. The minimum Gasteiger partial charge on any atom is -0.450 e. The number of nitrogen functional groups attached to an aromatic ring is 1. The van der Waals surface area contributed by atoms with Gasteiger partial charge >= 0.3 is 5.97 Å². The standard InChI is InChI=1S/C22H31NO3.C11H23N7/c1-3-23(4-2)17-11-12-18-26-21(24)22(25,19-13-7-5-8-14-19)20-15-9-6-10-16-20;1-5-17(6-2)10-13-9(16-12)14-11(15-10)18(7-3)8-4/h5,7-8,13-14,20,25H,3-4,6,9-10,15-18H2,1-2H3;5-8,12H2,1-4H3,(H,13,14,15,16). The predicted octanol–water partition coefficient (Wildman–Crippen LogP) is 4.19. The fraction of sp³-hybridized carbons (Fsp3) is 0.636. The summed E-state index contributed by atoms with van der Waals surface area (Å²) in [5.41, 5.74) is 1.54. The van der Waals surface area contributed by atoms with Crippen molar-refractivity contribution in [2.24, 2.45) is 11.8 Å². The highest BCUT2D eigenvalue weighted by molar-refractivity contribution is 5.81. The van der Waals surface area contributed by atoms with Crippen LogP contribution >= 0.6 is 0 Å². The summed E-state index contributed by atoms with van der Waals surface area (Å²) in [6.07, 6.45) is 4.92. The molecule has 0 bridgehead atoms. The molecule has 44 heavy (non-hydrogen) atoms. The number of hydrogen-bond donors (Lipinski definition) is 3. The fourth-order valence-corrected chi connectivity index (χ4v) is 5.32. The van der Waals surface area contributed by atoms with Crippen LogP contribution in [0, 0.1) is 17.8 Å². The molecule has 1 aliphatic rings. The zero-order valence-corrected chi connectivity index (χ0v) is 27.7. The molecule has 2 aromatic rings. The van der Waals surface area contributed by atoms with E-state index in [-0.39, 0.29) is 12.5 Å². The molecular weight excluding hydrogens is 556 g/mol. The van der Waals surface area contributed by atoms with E-state index >= 15 is 0 Å². The van der Waals surface area contributed by atoms with Crippen molar-refractivity contribution in [2.45, 2.75) is 79.2 Å². The van der Waals surface area contributed by atoms with Crippen LogP contribution in [0.25, 0.3) is 0 Å². The molecule has 4 N–H and O–H groups in total. The molecule has 0 radical (unpaired) electrons.